The number of rotatable bonds is 5. The van der Waals surface area contributed by atoms with Gasteiger partial charge in [-0.1, -0.05) is 15.9 Å². The minimum Gasteiger partial charge on any atom is -0.454 e. The van der Waals surface area contributed by atoms with Crippen molar-refractivity contribution in [3.8, 4) is 11.5 Å². The molecule has 1 saturated carbocycles. The lowest BCUT2D eigenvalue weighted by Crippen LogP contribution is -2.56. The Kier molecular flexibility index (Phi) is 7.82. The smallest absolute Gasteiger partial charge is 0.231 e. The van der Waals surface area contributed by atoms with Crippen molar-refractivity contribution < 1.29 is 28.5 Å². The van der Waals surface area contributed by atoms with E-state index in [1.54, 1.807) is 0 Å². The summed E-state index contributed by atoms with van der Waals surface area (Å²) in [5.74, 6) is 1.38. The summed E-state index contributed by atoms with van der Waals surface area (Å²) in [6, 6.07) is 4.31. The zero-order valence-corrected chi connectivity index (χ0v) is 21.0. The van der Waals surface area contributed by atoms with E-state index in [0.717, 1.165) is 33.7 Å². The van der Waals surface area contributed by atoms with Gasteiger partial charge in [0.25, 0.3) is 0 Å². The maximum Gasteiger partial charge on any atom is 0.231 e. The number of carbonyl (C=O) groups is 2. The van der Waals surface area contributed by atoms with Gasteiger partial charge >= 0.3 is 0 Å². The summed E-state index contributed by atoms with van der Waals surface area (Å²) < 4.78 is 24.7. The lowest BCUT2D eigenvalue weighted by Gasteiger charge is -2.45. The van der Waals surface area contributed by atoms with Crippen LogP contribution in [-0.4, -0.2) is 86.8 Å². The van der Waals surface area contributed by atoms with Crippen molar-refractivity contribution in [1.82, 2.24) is 14.9 Å². The fourth-order valence-electron chi connectivity index (χ4n) is 4.44. The van der Waals surface area contributed by atoms with Crippen molar-refractivity contribution >= 4 is 28.8 Å². The quantitative estimate of drug-likeness (QED) is 0.439. The van der Waals surface area contributed by atoms with Crippen LogP contribution in [0, 0.1) is 0 Å². The molecule has 178 valence electrons. The first-order valence-corrected chi connectivity index (χ1v) is 11.3. The number of hydrogen-bond donors (Lipinski definition) is 0. The van der Waals surface area contributed by atoms with Crippen LogP contribution in [0.3, 0.4) is 0 Å². The van der Waals surface area contributed by atoms with Gasteiger partial charge in [0.2, 0.25) is 19.6 Å². The molecule has 0 N–H and O–H groups in total. The first kappa shape index (κ1) is 24.9. The topological polar surface area (TPSA) is 80.8 Å². The Bertz CT molecular complexity index is 828. The number of fused-ring (bicyclic) bond motifs is 2. The van der Waals surface area contributed by atoms with Gasteiger partial charge in [0.15, 0.2) is 17.3 Å². The molecule has 10 heteroatoms. The number of imide groups is 1. The number of likely N-dealkylation sites (N-methyl/N-ethyl adjacent to an activating group) is 1. The third kappa shape index (κ3) is 5.26. The number of halogens is 1. The predicted molar refractivity (Wildman–Crippen MR) is 121 cm³/mol. The number of hydrogen-bond acceptors (Lipinski definition) is 8. The van der Waals surface area contributed by atoms with Gasteiger partial charge in [-0.15, -0.1) is 0 Å². The molecule has 0 aromatic heterocycles. The molecule has 1 aromatic rings. The number of ether oxygens (including phenoxy) is 4. The van der Waals surface area contributed by atoms with Crippen LogP contribution in [0.2, 0.25) is 0 Å². The maximum absolute atomic E-state index is 9.43. The Morgan fingerprint density at radius 1 is 1.00 bits per heavy atom. The predicted octanol–water partition coefficient (Wildman–Crippen LogP) is 2.58. The van der Waals surface area contributed by atoms with Crippen LogP contribution in [0.15, 0.2) is 16.6 Å². The Morgan fingerprint density at radius 2 is 1.62 bits per heavy atom. The fraction of sp³-hybridized carbons (Fsp3) is 0.636. The van der Waals surface area contributed by atoms with Crippen LogP contribution in [0.4, 0.5) is 0 Å². The zero-order chi connectivity index (χ0) is 23.6. The molecule has 2 heterocycles. The first-order valence-electron chi connectivity index (χ1n) is 10.5. The Labute approximate surface area is 197 Å². The second-order valence-corrected chi connectivity index (χ2v) is 9.69. The molecule has 4 atom stereocenters. The molecule has 2 aliphatic heterocycles. The highest BCUT2D eigenvalue weighted by atomic mass is 79.9. The lowest BCUT2D eigenvalue weighted by molar-refractivity contribution is -0.156. The summed E-state index contributed by atoms with van der Waals surface area (Å²) in [7, 11) is 7.63. The molecule has 0 spiro atoms. The minimum atomic E-state index is -0.540. The van der Waals surface area contributed by atoms with Gasteiger partial charge in [-0.25, -0.2) is 10.0 Å². The largest absolute Gasteiger partial charge is 0.454 e. The van der Waals surface area contributed by atoms with Gasteiger partial charge in [-0.3, -0.25) is 14.5 Å². The number of benzene rings is 1. The average molecular weight is 514 g/mol. The van der Waals surface area contributed by atoms with E-state index in [4.69, 9.17) is 18.9 Å². The molecule has 3 unspecified atom stereocenters. The highest BCUT2D eigenvalue weighted by molar-refractivity contribution is 9.10. The van der Waals surface area contributed by atoms with E-state index in [2.05, 4.69) is 53.2 Å². The number of nitrogens with zero attached hydrogens (tertiary/aromatic N) is 3. The number of carbonyl (C=O) groups excluding carboxylic acids is 2. The van der Waals surface area contributed by atoms with Crippen LogP contribution in [-0.2, 0) is 19.1 Å². The van der Waals surface area contributed by atoms with Crippen molar-refractivity contribution in [2.24, 2.45) is 0 Å². The molecule has 1 aromatic carbocycles. The molecule has 0 bridgehead atoms. The van der Waals surface area contributed by atoms with Crippen LogP contribution in [0.1, 0.15) is 38.2 Å². The maximum atomic E-state index is 9.43. The highest BCUT2D eigenvalue weighted by Gasteiger charge is 2.52. The first-order chi connectivity index (χ1) is 15.1. The monoisotopic (exact) mass is 513 g/mol. The van der Waals surface area contributed by atoms with E-state index in [9.17, 15) is 9.59 Å². The summed E-state index contributed by atoms with van der Waals surface area (Å²) in [5, 5.41) is 4.39. The molecule has 4 rings (SSSR count). The SMILES string of the molecule is CN(C)N(C)[C@@H]1C(c2cc3c(cc2Br)OCO3)CCC2OC(C)(C)OC21.CN(C=O)C=O. The van der Waals surface area contributed by atoms with E-state index in [0.29, 0.717) is 18.7 Å². The lowest BCUT2D eigenvalue weighted by atomic mass is 9.76. The van der Waals surface area contributed by atoms with E-state index < -0.39 is 5.79 Å². The standard InChI is InChI=1S/C19H27BrN2O4.C3H5NO2/c1-19(2)25-14-7-6-11(17(18(14)26-19)22(5)21(3)4)12-8-15-16(9-13(12)20)24-10-23-15;1-4(2-5)3-6/h8-9,11,14,17-18H,6-7,10H2,1-5H3;2-3H,1H3/t11?,14?,17-,18?;/m1./s1. The van der Waals surface area contributed by atoms with Gasteiger partial charge in [-0.05, 0) is 44.4 Å². The molecule has 0 radical (unpaired) electrons. The number of amides is 2. The van der Waals surface area contributed by atoms with E-state index in [1.807, 2.05) is 19.9 Å². The fourth-order valence-corrected chi connectivity index (χ4v) is 5.06. The molecule has 32 heavy (non-hydrogen) atoms. The second-order valence-electron chi connectivity index (χ2n) is 8.84. The van der Waals surface area contributed by atoms with Crippen LogP contribution >= 0.6 is 15.9 Å². The molecule has 1 saturated heterocycles. The third-order valence-corrected chi connectivity index (χ3v) is 6.71. The van der Waals surface area contributed by atoms with Gasteiger partial charge in [0.1, 0.15) is 6.10 Å². The summed E-state index contributed by atoms with van der Waals surface area (Å²) in [6.45, 7) is 4.29. The minimum absolute atomic E-state index is 0.0217. The summed E-state index contributed by atoms with van der Waals surface area (Å²) in [4.78, 5) is 19.8. The zero-order valence-electron chi connectivity index (χ0n) is 19.4. The van der Waals surface area contributed by atoms with Crippen molar-refractivity contribution in [1.29, 1.82) is 0 Å². The van der Waals surface area contributed by atoms with Crippen molar-refractivity contribution in [3.05, 3.63) is 22.2 Å². The average Bonchev–Trinajstić information content (AvgIpc) is 3.33. The van der Waals surface area contributed by atoms with Crippen molar-refractivity contribution in [2.45, 2.75) is 56.6 Å². The van der Waals surface area contributed by atoms with E-state index in [-0.39, 0.29) is 25.0 Å². The summed E-state index contributed by atoms with van der Waals surface area (Å²) >= 11 is 3.75. The van der Waals surface area contributed by atoms with Gasteiger partial charge < -0.3 is 18.9 Å². The van der Waals surface area contributed by atoms with E-state index >= 15 is 0 Å². The Balaban J connectivity index is 0.000000427. The molecular weight excluding hydrogens is 482 g/mol. The molecule has 3 aliphatic rings. The van der Waals surface area contributed by atoms with Gasteiger partial charge in [-0.2, -0.15) is 0 Å². The summed E-state index contributed by atoms with van der Waals surface area (Å²) in [5.41, 5.74) is 1.24. The molecular formula is C22H32BrN3O6. The summed E-state index contributed by atoms with van der Waals surface area (Å²) in [6.07, 6.45) is 3.04. The third-order valence-electron chi connectivity index (χ3n) is 6.02. The van der Waals surface area contributed by atoms with Gasteiger partial charge in [0.05, 0.1) is 12.1 Å². The normalized spacial score (nSPS) is 27.5. The number of hydrazine groups is 1. The Morgan fingerprint density at radius 3 is 2.19 bits per heavy atom. The van der Waals surface area contributed by atoms with Crippen LogP contribution in [0.25, 0.3) is 0 Å². The van der Waals surface area contributed by atoms with Gasteiger partial charge in [0, 0.05) is 38.6 Å². The molecule has 2 amide bonds. The molecule has 2 fully saturated rings. The van der Waals surface area contributed by atoms with Crippen molar-refractivity contribution in [2.75, 3.05) is 35.0 Å². The highest BCUT2D eigenvalue weighted by Crippen LogP contribution is 2.48. The van der Waals surface area contributed by atoms with Crippen LogP contribution in [0.5, 0.6) is 11.5 Å². The second kappa shape index (κ2) is 10.0. The van der Waals surface area contributed by atoms with Crippen molar-refractivity contribution in [3.63, 3.8) is 0 Å². The van der Waals surface area contributed by atoms with Crippen LogP contribution < -0.4 is 9.47 Å². The van der Waals surface area contributed by atoms with E-state index in [1.165, 1.54) is 12.6 Å². The Hall–Kier alpha value is -1.72. The molecule has 9 nitrogen and oxygen atoms in total. The molecule has 1 aliphatic carbocycles.